The van der Waals surface area contributed by atoms with E-state index in [-0.39, 0.29) is 6.54 Å². The summed E-state index contributed by atoms with van der Waals surface area (Å²) >= 11 is 0. The van der Waals surface area contributed by atoms with Crippen LogP contribution in [-0.4, -0.2) is 64.4 Å². The van der Waals surface area contributed by atoms with Crippen LogP contribution >= 0.6 is 0 Å². The number of aliphatic hydroxyl groups is 2. The predicted octanol–water partition coefficient (Wildman–Crippen LogP) is 3.23. The summed E-state index contributed by atoms with van der Waals surface area (Å²) in [7, 11) is 0. The van der Waals surface area contributed by atoms with Gasteiger partial charge < -0.3 is 30.5 Å². The molecule has 3 rings (SSSR count). The van der Waals surface area contributed by atoms with Gasteiger partial charge in [0.05, 0.1) is 13.2 Å². The van der Waals surface area contributed by atoms with Gasteiger partial charge in [-0.3, -0.25) is 9.59 Å². The molecule has 4 N–H and O–H groups in total. The topological polar surface area (TPSA) is 128 Å². The minimum atomic E-state index is -1.39. The highest BCUT2D eigenvalue weighted by molar-refractivity contribution is 6.00. The van der Waals surface area contributed by atoms with Crippen molar-refractivity contribution in [1.82, 2.24) is 10.2 Å². The Morgan fingerprint density at radius 3 is 2.19 bits per heavy atom. The predicted molar refractivity (Wildman–Crippen MR) is 141 cm³/mol. The number of nitrogens with one attached hydrogen (secondary N) is 2. The highest BCUT2D eigenvalue weighted by atomic mass is 16.6. The van der Waals surface area contributed by atoms with Gasteiger partial charge in [-0.1, -0.05) is 60.7 Å². The van der Waals surface area contributed by atoms with Crippen LogP contribution in [0.4, 0.5) is 10.5 Å². The van der Waals surface area contributed by atoms with E-state index < -0.39 is 48.8 Å². The van der Waals surface area contributed by atoms with E-state index in [1.54, 1.807) is 57.2 Å². The van der Waals surface area contributed by atoms with E-state index in [0.29, 0.717) is 11.3 Å². The SMILES string of the molecule is CC(C)(C)OC(=O)NC(CO)C(=O)N(CCO)C(C(=O)Nc1ccc2ccccc2c1)c1ccccc1. The maximum absolute atomic E-state index is 13.6. The highest BCUT2D eigenvalue weighted by Crippen LogP contribution is 2.25. The number of amides is 3. The molecule has 3 aromatic rings. The molecule has 0 aromatic heterocycles. The summed E-state index contributed by atoms with van der Waals surface area (Å²) in [6.45, 7) is 3.63. The van der Waals surface area contributed by atoms with Crippen LogP contribution in [0.15, 0.2) is 72.8 Å². The van der Waals surface area contributed by atoms with E-state index in [4.69, 9.17) is 4.74 Å². The third kappa shape index (κ3) is 7.52. The molecule has 0 aliphatic carbocycles. The first kappa shape index (κ1) is 27.6. The van der Waals surface area contributed by atoms with Gasteiger partial charge in [0.15, 0.2) is 0 Å². The number of nitrogens with zero attached hydrogens (tertiary/aromatic N) is 1. The molecule has 0 radical (unpaired) electrons. The molecule has 196 valence electrons. The van der Waals surface area contributed by atoms with Gasteiger partial charge in [0.25, 0.3) is 5.91 Å². The van der Waals surface area contributed by atoms with Crippen molar-refractivity contribution in [1.29, 1.82) is 0 Å². The molecule has 3 aromatic carbocycles. The third-order valence-electron chi connectivity index (χ3n) is 5.49. The van der Waals surface area contributed by atoms with Crippen LogP contribution in [0.2, 0.25) is 0 Å². The lowest BCUT2D eigenvalue weighted by molar-refractivity contribution is -0.142. The maximum atomic E-state index is 13.6. The van der Waals surface area contributed by atoms with Crippen LogP contribution in [0.3, 0.4) is 0 Å². The average Bonchev–Trinajstić information content (AvgIpc) is 2.86. The number of rotatable bonds is 9. The van der Waals surface area contributed by atoms with Gasteiger partial charge in [-0.15, -0.1) is 0 Å². The standard InChI is InChI=1S/C28H33N3O6/c1-28(2,3)37-27(36)30-23(18-33)26(35)31(15-16-32)24(20-10-5-4-6-11-20)25(34)29-22-14-13-19-9-7-8-12-21(19)17-22/h4-14,17,23-24,32-33H,15-16,18H2,1-3H3,(H,29,34)(H,30,36). The number of carbonyl (C=O) groups excluding carboxylic acids is 3. The molecular formula is C28H33N3O6. The van der Waals surface area contributed by atoms with E-state index in [1.165, 1.54) is 0 Å². The quantitative estimate of drug-likeness (QED) is 0.352. The Kier molecular flexibility index (Phi) is 9.21. The summed E-state index contributed by atoms with van der Waals surface area (Å²) in [6, 6.07) is 19.3. The van der Waals surface area contributed by atoms with Crippen molar-refractivity contribution < 1.29 is 29.3 Å². The lowest BCUT2D eigenvalue weighted by Crippen LogP contribution is -2.54. The summed E-state index contributed by atoms with van der Waals surface area (Å²) in [6.07, 6.45) is -0.888. The molecule has 9 heteroatoms. The van der Waals surface area contributed by atoms with Crippen molar-refractivity contribution in [2.24, 2.45) is 0 Å². The van der Waals surface area contributed by atoms with Crippen LogP contribution in [0.25, 0.3) is 10.8 Å². The molecule has 37 heavy (non-hydrogen) atoms. The Labute approximate surface area is 216 Å². The van der Waals surface area contributed by atoms with E-state index >= 15 is 0 Å². The minimum Gasteiger partial charge on any atom is -0.444 e. The van der Waals surface area contributed by atoms with E-state index in [2.05, 4.69) is 10.6 Å². The molecule has 0 fully saturated rings. The molecule has 3 amide bonds. The Hall–Kier alpha value is -3.95. The van der Waals surface area contributed by atoms with Crippen molar-refractivity contribution in [3.63, 3.8) is 0 Å². The summed E-state index contributed by atoms with van der Waals surface area (Å²) < 4.78 is 5.21. The van der Waals surface area contributed by atoms with Gasteiger partial charge in [-0.05, 0) is 49.2 Å². The number of anilines is 1. The number of hydrogen-bond donors (Lipinski definition) is 4. The second kappa shape index (κ2) is 12.3. The average molecular weight is 508 g/mol. The molecule has 9 nitrogen and oxygen atoms in total. The largest absolute Gasteiger partial charge is 0.444 e. The molecule has 0 aliphatic heterocycles. The van der Waals surface area contributed by atoms with Crippen LogP contribution in [-0.2, 0) is 14.3 Å². The zero-order chi connectivity index (χ0) is 27.0. The monoisotopic (exact) mass is 507 g/mol. The second-order valence-corrected chi connectivity index (χ2v) is 9.50. The Morgan fingerprint density at radius 2 is 1.57 bits per heavy atom. The number of fused-ring (bicyclic) bond motifs is 1. The Balaban J connectivity index is 1.92. The van der Waals surface area contributed by atoms with Crippen LogP contribution < -0.4 is 10.6 Å². The smallest absolute Gasteiger partial charge is 0.408 e. The summed E-state index contributed by atoms with van der Waals surface area (Å²) in [5.74, 6) is -1.26. The fourth-order valence-electron chi connectivity index (χ4n) is 3.90. The van der Waals surface area contributed by atoms with Gasteiger partial charge >= 0.3 is 6.09 Å². The second-order valence-electron chi connectivity index (χ2n) is 9.50. The fraction of sp³-hybridized carbons (Fsp3) is 0.321. The van der Waals surface area contributed by atoms with Gasteiger partial charge in [0.2, 0.25) is 5.91 Å². The van der Waals surface area contributed by atoms with Crippen LogP contribution in [0, 0.1) is 0 Å². The van der Waals surface area contributed by atoms with E-state index in [0.717, 1.165) is 15.7 Å². The normalized spacial score (nSPS) is 12.9. The molecule has 0 saturated heterocycles. The van der Waals surface area contributed by atoms with Gasteiger partial charge in [-0.2, -0.15) is 0 Å². The van der Waals surface area contributed by atoms with E-state index in [1.807, 2.05) is 36.4 Å². The number of aliphatic hydroxyl groups excluding tert-OH is 2. The van der Waals surface area contributed by atoms with Crippen LogP contribution in [0.5, 0.6) is 0 Å². The summed E-state index contributed by atoms with van der Waals surface area (Å²) in [5.41, 5.74) is 0.215. The van der Waals surface area contributed by atoms with Crippen molar-refractivity contribution in [3.05, 3.63) is 78.4 Å². The summed E-state index contributed by atoms with van der Waals surface area (Å²) in [4.78, 5) is 40.6. The minimum absolute atomic E-state index is 0.212. The van der Waals surface area contributed by atoms with Crippen LogP contribution in [0.1, 0.15) is 32.4 Å². The molecule has 2 unspecified atom stereocenters. The van der Waals surface area contributed by atoms with Gasteiger partial charge in [0, 0.05) is 12.2 Å². The molecular weight excluding hydrogens is 474 g/mol. The third-order valence-corrected chi connectivity index (χ3v) is 5.49. The number of hydrogen-bond acceptors (Lipinski definition) is 6. The summed E-state index contributed by atoms with van der Waals surface area (Å²) in [5, 5.41) is 26.8. The highest BCUT2D eigenvalue weighted by Gasteiger charge is 2.36. The molecule has 0 aliphatic rings. The number of carbonyl (C=O) groups is 3. The lowest BCUT2D eigenvalue weighted by Gasteiger charge is -2.33. The zero-order valence-corrected chi connectivity index (χ0v) is 21.2. The first-order valence-corrected chi connectivity index (χ1v) is 12.0. The molecule has 0 bridgehead atoms. The number of alkyl carbamates (subject to hydrolysis) is 1. The first-order valence-electron chi connectivity index (χ1n) is 12.0. The number of benzene rings is 3. The molecule has 2 atom stereocenters. The Morgan fingerprint density at radius 1 is 0.919 bits per heavy atom. The maximum Gasteiger partial charge on any atom is 0.408 e. The lowest BCUT2D eigenvalue weighted by atomic mass is 10.0. The van der Waals surface area contributed by atoms with Gasteiger partial charge in [0.1, 0.15) is 17.7 Å². The van der Waals surface area contributed by atoms with Crippen molar-refractivity contribution in [2.75, 3.05) is 25.1 Å². The van der Waals surface area contributed by atoms with Crippen molar-refractivity contribution >= 4 is 34.4 Å². The van der Waals surface area contributed by atoms with Crippen molar-refractivity contribution in [2.45, 2.75) is 38.5 Å². The molecule has 0 heterocycles. The fourth-order valence-corrected chi connectivity index (χ4v) is 3.90. The zero-order valence-electron chi connectivity index (χ0n) is 21.2. The van der Waals surface area contributed by atoms with E-state index in [9.17, 15) is 24.6 Å². The molecule has 0 spiro atoms. The molecule has 0 saturated carbocycles. The number of ether oxygens (including phenoxy) is 1. The van der Waals surface area contributed by atoms with Crippen molar-refractivity contribution in [3.8, 4) is 0 Å². The Bertz CT molecular complexity index is 1230. The van der Waals surface area contributed by atoms with Gasteiger partial charge in [-0.25, -0.2) is 4.79 Å². The first-order chi connectivity index (χ1) is 17.6.